The molecule has 0 aromatic heterocycles. The standard InChI is InChI=1S/C14H23NO5S/c1-15(9-3-11-19-2)21(17,18)14-7-5-13(6-8-14)20-12-4-10-16/h5-8,16H,3-4,9-12H2,1-2H3. The Labute approximate surface area is 126 Å². The Kier molecular flexibility index (Phi) is 7.66. The van der Waals surface area contributed by atoms with Crippen molar-refractivity contribution in [2.45, 2.75) is 17.7 Å². The lowest BCUT2D eigenvalue weighted by Gasteiger charge is -2.17. The summed E-state index contributed by atoms with van der Waals surface area (Å²) in [4.78, 5) is 0.233. The van der Waals surface area contributed by atoms with Crippen LogP contribution in [0.4, 0.5) is 0 Å². The second-order valence-corrected chi connectivity index (χ2v) is 6.61. The molecule has 1 aromatic carbocycles. The van der Waals surface area contributed by atoms with E-state index in [2.05, 4.69) is 0 Å². The second kappa shape index (κ2) is 8.99. The molecule has 21 heavy (non-hydrogen) atoms. The van der Waals surface area contributed by atoms with Gasteiger partial charge < -0.3 is 14.6 Å². The Hall–Kier alpha value is -1.15. The van der Waals surface area contributed by atoms with Crippen LogP contribution in [0, 0.1) is 0 Å². The molecule has 1 rings (SSSR count). The number of aliphatic hydroxyl groups is 1. The lowest BCUT2D eigenvalue weighted by atomic mass is 10.3. The first-order valence-electron chi connectivity index (χ1n) is 6.81. The van der Waals surface area contributed by atoms with E-state index in [0.29, 0.717) is 38.3 Å². The van der Waals surface area contributed by atoms with Gasteiger partial charge in [0.2, 0.25) is 10.0 Å². The van der Waals surface area contributed by atoms with Crippen molar-refractivity contribution >= 4 is 10.0 Å². The molecule has 0 spiro atoms. The Balaban J connectivity index is 2.66. The summed E-state index contributed by atoms with van der Waals surface area (Å²) in [7, 11) is -0.340. The third-order valence-corrected chi connectivity index (χ3v) is 4.80. The predicted octanol–water partition coefficient (Wildman–Crippen LogP) is 1.10. The van der Waals surface area contributed by atoms with E-state index in [9.17, 15) is 8.42 Å². The molecule has 0 heterocycles. The molecule has 0 saturated heterocycles. The molecule has 0 unspecified atom stereocenters. The minimum absolute atomic E-state index is 0.0682. The number of sulfonamides is 1. The summed E-state index contributed by atoms with van der Waals surface area (Å²) in [6, 6.07) is 6.29. The molecule has 7 heteroatoms. The van der Waals surface area contributed by atoms with Crippen LogP contribution in [0.25, 0.3) is 0 Å². The molecule has 0 radical (unpaired) electrons. The summed E-state index contributed by atoms with van der Waals surface area (Å²) in [6.07, 6.45) is 1.19. The molecule has 0 aliphatic rings. The number of hydrogen-bond donors (Lipinski definition) is 1. The molecule has 6 nitrogen and oxygen atoms in total. The lowest BCUT2D eigenvalue weighted by Crippen LogP contribution is -2.28. The van der Waals surface area contributed by atoms with Gasteiger partial charge in [-0.05, 0) is 30.7 Å². The topological polar surface area (TPSA) is 76.1 Å². The van der Waals surface area contributed by atoms with E-state index in [0.717, 1.165) is 0 Å². The van der Waals surface area contributed by atoms with Crippen molar-refractivity contribution in [1.29, 1.82) is 0 Å². The first-order valence-corrected chi connectivity index (χ1v) is 8.25. The summed E-state index contributed by atoms with van der Waals surface area (Å²) in [5.41, 5.74) is 0. The second-order valence-electron chi connectivity index (χ2n) is 4.57. The highest BCUT2D eigenvalue weighted by molar-refractivity contribution is 7.89. The number of aliphatic hydroxyl groups excluding tert-OH is 1. The average molecular weight is 317 g/mol. The maximum Gasteiger partial charge on any atom is 0.242 e. The van der Waals surface area contributed by atoms with Gasteiger partial charge in [0, 0.05) is 40.3 Å². The van der Waals surface area contributed by atoms with Gasteiger partial charge in [-0.1, -0.05) is 0 Å². The van der Waals surface area contributed by atoms with E-state index in [4.69, 9.17) is 14.6 Å². The van der Waals surface area contributed by atoms with Gasteiger partial charge in [0.05, 0.1) is 11.5 Å². The monoisotopic (exact) mass is 317 g/mol. The predicted molar refractivity (Wildman–Crippen MR) is 79.9 cm³/mol. The average Bonchev–Trinajstić information content (AvgIpc) is 2.48. The fourth-order valence-electron chi connectivity index (χ4n) is 1.69. The van der Waals surface area contributed by atoms with Crippen molar-refractivity contribution in [1.82, 2.24) is 4.31 Å². The van der Waals surface area contributed by atoms with Crippen LogP contribution in [-0.4, -0.2) is 58.4 Å². The van der Waals surface area contributed by atoms with Crippen molar-refractivity contribution in [3.05, 3.63) is 24.3 Å². The Morgan fingerprint density at radius 2 is 1.81 bits per heavy atom. The molecule has 0 aliphatic heterocycles. The highest BCUT2D eigenvalue weighted by atomic mass is 32.2. The van der Waals surface area contributed by atoms with Crippen LogP contribution >= 0.6 is 0 Å². The summed E-state index contributed by atoms with van der Waals surface area (Å²) < 4.78 is 36.2. The smallest absolute Gasteiger partial charge is 0.242 e. The highest BCUT2D eigenvalue weighted by Crippen LogP contribution is 2.19. The molecule has 120 valence electrons. The Morgan fingerprint density at radius 1 is 1.14 bits per heavy atom. The summed E-state index contributed by atoms with van der Waals surface area (Å²) in [5.74, 6) is 0.587. The Morgan fingerprint density at radius 3 is 2.38 bits per heavy atom. The van der Waals surface area contributed by atoms with Crippen molar-refractivity contribution in [2.24, 2.45) is 0 Å². The van der Waals surface area contributed by atoms with Crippen molar-refractivity contribution in [3.8, 4) is 5.75 Å². The maximum absolute atomic E-state index is 12.3. The van der Waals surface area contributed by atoms with Crippen LogP contribution in [0.2, 0.25) is 0 Å². The number of nitrogens with zero attached hydrogens (tertiary/aromatic N) is 1. The van der Waals surface area contributed by atoms with Crippen LogP contribution in [-0.2, 0) is 14.8 Å². The summed E-state index contributed by atoms with van der Waals surface area (Å²) in [5, 5.41) is 8.67. The van der Waals surface area contributed by atoms with E-state index in [1.54, 1.807) is 26.3 Å². The number of hydrogen-bond acceptors (Lipinski definition) is 5. The van der Waals surface area contributed by atoms with Gasteiger partial charge in [-0.25, -0.2) is 12.7 Å². The molecular weight excluding hydrogens is 294 g/mol. The SMILES string of the molecule is COCCCN(C)S(=O)(=O)c1ccc(OCCCO)cc1. The van der Waals surface area contributed by atoms with Gasteiger partial charge in [0.25, 0.3) is 0 Å². The summed E-state index contributed by atoms with van der Waals surface area (Å²) >= 11 is 0. The van der Waals surface area contributed by atoms with Gasteiger partial charge >= 0.3 is 0 Å². The van der Waals surface area contributed by atoms with Gasteiger partial charge in [-0.15, -0.1) is 0 Å². The van der Waals surface area contributed by atoms with Crippen LogP contribution in [0.15, 0.2) is 29.2 Å². The van der Waals surface area contributed by atoms with E-state index in [1.807, 2.05) is 0 Å². The number of ether oxygens (including phenoxy) is 2. The molecule has 0 fully saturated rings. The molecule has 0 atom stereocenters. The van der Waals surface area contributed by atoms with Crippen molar-refractivity contribution in [2.75, 3.05) is 40.5 Å². The number of benzene rings is 1. The minimum atomic E-state index is -3.48. The largest absolute Gasteiger partial charge is 0.494 e. The van der Waals surface area contributed by atoms with Gasteiger partial charge in [0.1, 0.15) is 5.75 Å². The maximum atomic E-state index is 12.3. The minimum Gasteiger partial charge on any atom is -0.494 e. The van der Waals surface area contributed by atoms with Crippen molar-refractivity contribution in [3.63, 3.8) is 0 Å². The molecule has 0 saturated carbocycles. The number of rotatable bonds is 10. The van der Waals surface area contributed by atoms with Gasteiger partial charge in [-0.2, -0.15) is 0 Å². The highest BCUT2D eigenvalue weighted by Gasteiger charge is 2.20. The van der Waals surface area contributed by atoms with E-state index >= 15 is 0 Å². The molecule has 1 aromatic rings. The number of methoxy groups -OCH3 is 1. The zero-order valence-corrected chi connectivity index (χ0v) is 13.3. The third-order valence-electron chi connectivity index (χ3n) is 2.92. The fraction of sp³-hybridized carbons (Fsp3) is 0.571. The third kappa shape index (κ3) is 5.62. The molecule has 1 N–H and O–H groups in total. The van der Waals surface area contributed by atoms with Crippen LogP contribution in [0.5, 0.6) is 5.75 Å². The first-order chi connectivity index (χ1) is 10.0. The fourth-order valence-corrected chi connectivity index (χ4v) is 2.90. The van der Waals surface area contributed by atoms with E-state index < -0.39 is 10.0 Å². The van der Waals surface area contributed by atoms with Crippen LogP contribution in [0.1, 0.15) is 12.8 Å². The molecular formula is C14H23NO5S. The van der Waals surface area contributed by atoms with Crippen molar-refractivity contribution < 1.29 is 23.0 Å². The lowest BCUT2D eigenvalue weighted by molar-refractivity contribution is 0.189. The van der Waals surface area contributed by atoms with Gasteiger partial charge in [-0.3, -0.25) is 0 Å². The van der Waals surface area contributed by atoms with E-state index in [1.165, 1.54) is 16.4 Å². The quantitative estimate of drug-likeness (QED) is 0.654. The zero-order chi connectivity index (χ0) is 15.7. The Bertz CT molecular complexity index is 501. The molecule has 0 aliphatic carbocycles. The van der Waals surface area contributed by atoms with Crippen LogP contribution < -0.4 is 4.74 Å². The van der Waals surface area contributed by atoms with Crippen LogP contribution in [0.3, 0.4) is 0 Å². The first kappa shape index (κ1) is 17.9. The zero-order valence-electron chi connectivity index (χ0n) is 12.5. The molecule has 0 bridgehead atoms. The summed E-state index contributed by atoms with van der Waals surface area (Å²) in [6.45, 7) is 1.40. The van der Waals surface area contributed by atoms with Gasteiger partial charge in [0.15, 0.2) is 0 Å². The normalized spacial score (nSPS) is 11.8. The molecule has 0 amide bonds. The van der Waals surface area contributed by atoms with E-state index in [-0.39, 0.29) is 11.5 Å².